The monoisotopic (exact) mass is 523 g/mol. The molecule has 12 nitrogen and oxygen atoms in total. The fraction of sp³-hybridized carbons (Fsp3) is 0.850. The van der Waals surface area contributed by atoms with Crippen molar-refractivity contribution in [2.45, 2.75) is 86.4 Å². The largest absolute Gasteiger partial charge is 0.743 e. The minimum absolute atomic E-state index is 0.0117. The molecule has 15 heteroatoms. The Morgan fingerprint density at radius 3 is 2.34 bits per heavy atom. The summed E-state index contributed by atoms with van der Waals surface area (Å²) in [5.74, 6) is -5.85. The molecule has 7 unspecified atom stereocenters. The van der Waals surface area contributed by atoms with Gasteiger partial charge in [0.2, 0.25) is 6.10 Å². The molecular weight excluding hydrogens is 502 g/mol. The van der Waals surface area contributed by atoms with Gasteiger partial charge in [-0.2, -0.15) is 8.78 Å². The van der Waals surface area contributed by atoms with Crippen molar-refractivity contribution in [2.75, 3.05) is 0 Å². The molecule has 3 saturated heterocycles. The SMILES string of the molecule is CC(=O)OC1C(=O)OC2C3OC4(OC3OC12)C1CC2CC4CC(OC(=O)C(F)(F)S(=O)(=O)[O-])(C2)C1. The summed E-state index contributed by atoms with van der Waals surface area (Å²) >= 11 is 0. The first-order chi connectivity index (χ1) is 16.2. The van der Waals surface area contributed by atoms with E-state index in [-0.39, 0.29) is 25.2 Å². The number of hydrogen-bond donors (Lipinski definition) is 0. The Kier molecular flexibility index (Phi) is 4.75. The van der Waals surface area contributed by atoms with Crippen LogP contribution in [0.2, 0.25) is 0 Å². The van der Waals surface area contributed by atoms with Gasteiger partial charge in [0.25, 0.3) is 0 Å². The second-order valence-corrected chi connectivity index (χ2v) is 11.6. The molecule has 3 heterocycles. The number of alkyl halides is 2. The number of rotatable bonds is 4. The number of halogens is 2. The van der Waals surface area contributed by atoms with Crippen molar-refractivity contribution in [3.8, 4) is 0 Å². The second-order valence-electron chi connectivity index (χ2n) is 10.2. The zero-order valence-corrected chi connectivity index (χ0v) is 19.0. The lowest BCUT2D eigenvalue weighted by molar-refractivity contribution is -0.343. The van der Waals surface area contributed by atoms with Gasteiger partial charge >= 0.3 is 23.2 Å². The van der Waals surface area contributed by atoms with E-state index in [0.717, 1.165) is 6.92 Å². The predicted molar refractivity (Wildman–Crippen MR) is 99.8 cm³/mol. The summed E-state index contributed by atoms with van der Waals surface area (Å²) < 4.78 is 94.1. The Balaban J connectivity index is 1.21. The Labute approximate surface area is 197 Å². The Morgan fingerprint density at radius 2 is 1.74 bits per heavy atom. The molecule has 4 bridgehead atoms. The molecule has 194 valence electrons. The first-order valence-corrected chi connectivity index (χ1v) is 12.6. The highest BCUT2D eigenvalue weighted by atomic mass is 32.2. The lowest BCUT2D eigenvalue weighted by atomic mass is 9.51. The van der Waals surface area contributed by atoms with Crippen LogP contribution in [-0.4, -0.2) is 78.2 Å². The maximum absolute atomic E-state index is 13.8. The zero-order chi connectivity index (χ0) is 25.1. The van der Waals surface area contributed by atoms with E-state index >= 15 is 0 Å². The van der Waals surface area contributed by atoms with Crippen molar-refractivity contribution in [2.24, 2.45) is 17.8 Å². The molecule has 0 N–H and O–H groups in total. The van der Waals surface area contributed by atoms with Gasteiger partial charge < -0.3 is 33.0 Å². The van der Waals surface area contributed by atoms with Crippen LogP contribution in [0, 0.1) is 17.8 Å². The number of carbonyl (C=O) groups is 3. The molecule has 0 amide bonds. The van der Waals surface area contributed by atoms with Crippen molar-refractivity contribution < 1.29 is 64.6 Å². The van der Waals surface area contributed by atoms with Crippen LogP contribution in [0.25, 0.3) is 0 Å². The van der Waals surface area contributed by atoms with E-state index < -0.39 is 87.2 Å². The van der Waals surface area contributed by atoms with Gasteiger partial charge in [-0.1, -0.05) is 0 Å². The molecule has 0 aromatic heterocycles. The highest BCUT2D eigenvalue weighted by molar-refractivity contribution is 7.87. The Bertz CT molecular complexity index is 1090. The average molecular weight is 523 g/mol. The molecule has 7 atom stereocenters. The molecule has 7 fully saturated rings. The van der Waals surface area contributed by atoms with Gasteiger partial charge in [-0.3, -0.25) is 4.79 Å². The number of carbonyl (C=O) groups excluding carboxylic acids is 3. The van der Waals surface area contributed by atoms with Crippen LogP contribution >= 0.6 is 0 Å². The van der Waals surface area contributed by atoms with E-state index in [9.17, 15) is 36.1 Å². The first-order valence-electron chi connectivity index (χ1n) is 11.2. The van der Waals surface area contributed by atoms with Crippen molar-refractivity contribution in [1.82, 2.24) is 0 Å². The lowest BCUT2D eigenvalue weighted by Gasteiger charge is -2.62. The fourth-order valence-corrected chi connectivity index (χ4v) is 7.27. The molecule has 7 rings (SSSR count). The summed E-state index contributed by atoms with van der Waals surface area (Å²) in [5, 5.41) is -5.20. The minimum Gasteiger partial charge on any atom is -0.743 e. The second kappa shape index (κ2) is 7.09. The zero-order valence-electron chi connectivity index (χ0n) is 18.2. The van der Waals surface area contributed by atoms with Crippen LogP contribution in [0.4, 0.5) is 8.78 Å². The number of esters is 3. The van der Waals surface area contributed by atoms with Crippen molar-refractivity contribution in [3.05, 3.63) is 0 Å². The highest BCUT2D eigenvalue weighted by Crippen LogP contribution is 2.65. The topological polar surface area (TPSA) is 164 Å². The van der Waals surface area contributed by atoms with E-state index in [2.05, 4.69) is 0 Å². The number of fused-ring (bicyclic) bond motifs is 3. The highest BCUT2D eigenvalue weighted by Gasteiger charge is 2.73. The minimum atomic E-state index is -6.24. The Morgan fingerprint density at radius 1 is 1.09 bits per heavy atom. The normalized spacial score (nSPS) is 47.5. The van der Waals surface area contributed by atoms with E-state index in [1.807, 2.05) is 0 Å². The third-order valence-electron chi connectivity index (χ3n) is 8.04. The van der Waals surface area contributed by atoms with Crippen LogP contribution in [0.1, 0.15) is 39.0 Å². The molecule has 4 saturated carbocycles. The molecule has 3 aliphatic heterocycles. The number of ether oxygens (including phenoxy) is 6. The van der Waals surface area contributed by atoms with Crippen LogP contribution in [0.15, 0.2) is 0 Å². The summed E-state index contributed by atoms with van der Waals surface area (Å²) in [6.45, 7) is 1.15. The lowest BCUT2D eigenvalue weighted by Crippen LogP contribution is -2.66. The van der Waals surface area contributed by atoms with Crippen molar-refractivity contribution >= 4 is 28.0 Å². The molecule has 0 aromatic carbocycles. The van der Waals surface area contributed by atoms with Gasteiger partial charge in [0.05, 0.1) is 0 Å². The molecular formula is C20H21F2O12S-. The molecule has 0 aromatic rings. The molecule has 0 radical (unpaired) electrons. The fourth-order valence-electron chi connectivity index (χ4n) is 7.02. The van der Waals surface area contributed by atoms with E-state index in [1.54, 1.807) is 0 Å². The van der Waals surface area contributed by atoms with Crippen LogP contribution in [0.3, 0.4) is 0 Å². The van der Waals surface area contributed by atoms with E-state index in [1.165, 1.54) is 0 Å². The van der Waals surface area contributed by atoms with Gasteiger partial charge in [0.1, 0.15) is 11.7 Å². The smallest absolute Gasteiger partial charge is 0.428 e. The number of hydrogen-bond acceptors (Lipinski definition) is 12. The van der Waals surface area contributed by atoms with Crippen molar-refractivity contribution in [1.29, 1.82) is 0 Å². The maximum Gasteiger partial charge on any atom is 0.428 e. The van der Waals surface area contributed by atoms with Gasteiger partial charge in [0.15, 0.2) is 34.4 Å². The summed E-state index contributed by atoms with van der Waals surface area (Å²) in [7, 11) is -6.24. The average Bonchev–Trinajstić information content (AvgIpc) is 3.34. The quantitative estimate of drug-likeness (QED) is 0.274. The third-order valence-corrected chi connectivity index (χ3v) is 8.83. The summed E-state index contributed by atoms with van der Waals surface area (Å²) in [6.07, 6.45) is -3.23. The van der Waals surface area contributed by atoms with Crippen LogP contribution in [-0.2, 0) is 52.9 Å². The van der Waals surface area contributed by atoms with Crippen LogP contribution in [0.5, 0.6) is 0 Å². The summed E-state index contributed by atoms with van der Waals surface area (Å²) in [5.41, 5.74) is -1.37. The first kappa shape index (κ1) is 23.5. The maximum atomic E-state index is 13.8. The molecule has 4 aliphatic carbocycles. The third kappa shape index (κ3) is 3.21. The van der Waals surface area contributed by atoms with Gasteiger partial charge in [0, 0.05) is 18.8 Å². The Hall–Kier alpha value is -1.94. The van der Waals surface area contributed by atoms with E-state index in [4.69, 9.17) is 28.4 Å². The van der Waals surface area contributed by atoms with Gasteiger partial charge in [-0.05, 0) is 38.0 Å². The van der Waals surface area contributed by atoms with Gasteiger partial charge in [-0.25, -0.2) is 18.0 Å². The summed E-state index contributed by atoms with van der Waals surface area (Å²) in [4.78, 5) is 35.5. The predicted octanol–water partition coefficient (Wildman–Crippen LogP) is -0.0600. The van der Waals surface area contributed by atoms with Crippen LogP contribution < -0.4 is 0 Å². The molecule has 1 spiro atoms. The summed E-state index contributed by atoms with van der Waals surface area (Å²) in [6, 6.07) is 0. The van der Waals surface area contributed by atoms with Crippen molar-refractivity contribution in [3.63, 3.8) is 0 Å². The van der Waals surface area contributed by atoms with E-state index in [0.29, 0.717) is 12.8 Å². The standard InChI is InChI=1S/C20H22F2O12S/c1-7(23)29-13-11-12(30-15(13)24)14-16(31-11)33-19(32-14)9-2-8-3-10(19)6-18(4-8,5-9)34-17(25)20(21,22)35(26,27)28/h8-14,16H,2-6H2,1H3,(H,26,27,28)/p-1. The molecule has 35 heavy (non-hydrogen) atoms. The molecule has 7 aliphatic rings. The van der Waals surface area contributed by atoms with Gasteiger partial charge in [-0.15, -0.1) is 0 Å².